The Bertz CT molecular complexity index is 704. The van der Waals surface area contributed by atoms with E-state index in [4.69, 9.17) is 14.2 Å². The maximum atomic E-state index is 12.2. The number of carbonyl (C=O) groups is 1. The molecule has 6 heteroatoms. The monoisotopic (exact) mass is 386 g/mol. The Balaban J connectivity index is 1.74. The topological polar surface area (TPSA) is 68.8 Å². The van der Waals surface area contributed by atoms with Crippen LogP contribution in [0, 0.1) is 0 Å². The second kappa shape index (κ2) is 12.6. The Labute approximate surface area is 167 Å². The van der Waals surface area contributed by atoms with Crippen LogP contribution in [0.1, 0.15) is 26.7 Å². The molecule has 0 unspecified atom stereocenters. The molecule has 2 rings (SSSR count). The average Bonchev–Trinajstić information content (AvgIpc) is 2.71. The lowest BCUT2D eigenvalue weighted by Crippen LogP contribution is -2.21. The third kappa shape index (κ3) is 8.31. The summed E-state index contributed by atoms with van der Waals surface area (Å²) in [7, 11) is 0. The molecule has 0 radical (unpaired) electrons. The van der Waals surface area contributed by atoms with Crippen molar-refractivity contribution in [3.63, 3.8) is 0 Å². The summed E-state index contributed by atoms with van der Waals surface area (Å²) in [6, 6.07) is 14.9. The summed E-state index contributed by atoms with van der Waals surface area (Å²) in [6.45, 7) is 6.66. The molecule has 0 saturated heterocycles. The van der Waals surface area contributed by atoms with Crippen LogP contribution >= 0.6 is 0 Å². The molecule has 0 aliphatic carbocycles. The number of nitrogens with one attached hydrogen (secondary N) is 2. The highest BCUT2D eigenvalue weighted by Crippen LogP contribution is 2.18. The van der Waals surface area contributed by atoms with E-state index in [1.807, 2.05) is 49.4 Å². The van der Waals surface area contributed by atoms with Crippen LogP contribution in [0.3, 0.4) is 0 Å². The number of carbonyl (C=O) groups excluding carboxylic acids is 1. The predicted octanol–water partition coefficient (Wildman–Crippen LogP) is 4.33. The molecular weight excluding hydrogens is 356 g/mol. The van der Waals surface area contributed by atoms with Crippen molar-refractivity contribution in [2.24, 2.45) is 0 Å². The first-order valence-electron chi connectivity index (χ1n) is 9.78. The van der Waals surface area contributed by atoms with Crippen LogP contribution in [0.2, 0.25) is 0 Å². The fourth-order valence-corrected chi connectivity index (χ4v) is 2.42. The predicted molar refractivity (Wildman–Crippen MR) is 112 cm³/mol. The van der Waals surface area contributed by atoms with E-state index in [2.05, 4.69) is 17.6 Å². The van der Waals surface area contributed by atoms with E-state index in [9.17, 15) is 4.79 Å². The molecule has 0 spiro atoms. The molecule has 1 amide bonds. The largest absolute Gasteiger partial charge is 0.494 e. The molecule has 0 heterocycles. The molecule has 0 bridgehead atoms. The zero-order valence-electron chi connectivity index (χ0n) is 16.7. The van der Waals surface area contributed by atoms with E-state index in [1.165, 1.54) is 0 Å². The van der Waals surface area contributed by atoms with Crippen LogP contribution in [-0.2, 0) is 9.53 Å². The number of rotatable bonds is 13. The van der Waals surface area contributed by atoms with E-state index in [0.717, 1.165) is 30.9 Å². The lowest BCUT2D eigenvalue weighted by molar-refractivity contribution is -0.114. The molecule has 2 aromatic carbocycles. The minimum Gasteiger partial charge on any atom is -0.494 e. The third-order valence-corrected chi connectivity index (χ3v) is 3.89. The van der Waals surface area contributed by atoms with Crippen LogP contribution in [0.5, 0.6) is 11.5 Å². The molecule has 0 saturated carbocycles. The van der Waals surface area contributed by atoms with Crippen molar-refractivity contribution >= 4 is 17.3 Å². The van der Waals surface area contributed by atoms with Crippen LogP contribution in [0.25, 0.3) is 0 Å². The van der Waals surface area contributed by atoms with Crippen LogP contribution in [-0.4, -0.2) is 38.9 Å². The number of amides is 1. The molecule has 28 heavy (non-hydrogen) atoms. The van der Waals surface area contributed by atoms with E-state index < -0.39 is 0 Å². The molecule has 152 valence electrons. The number of hydrogen-bond acceptors (Lipinski definition) is 5. The molecule has 6 nitrogen and oxygen atoms in total. The highest BCUT2D eigenvalue weighted by atomic mass is 16.5. The van der Waals surface area contributed by atoms with Gasteiger partial charge in [0, 0.05) is 24.0 Å². The fraction of sp³-hybridized carbons (Fsp3) is 0.409. The van der Waals surface area contributed by atoms with Gasteiger partial charge in [-0.1, -0.05) is 19.4 Å². The summed E-state index contributed by atoms with van der Waals surface area (Å²) in [4.78, 5) is 12.2. The van der Waals surface area contributed by atoms with Gasteiger partial charge in [0.1, 0.15) is 18.1 Å². The first-order valence-corrected chi connectivity index (χ1v) is 9.78. The number of ether oxygens (including phenoxy) is 3. The van der Waals surface area contributed by atoms with Gasteiger partial charge in [-0.3, -0.25) is 4.79 Å². The molecule has 0 aromatic heterocycles. The zero-order valence-corrected chi connectivity index (χ0v) is 16.7. The number of hydrogen-bond donors (Lipinski definition) is 2. The van der Waals surface area contributed by atoms with Crippen molar-refractivity contribution < 1.29 is 19.0 Å². The SMILES string of the molecule is CCCCOc1ccc(NCC(=O)Nc2cccc(OCCOCC)c2)cc1. The van der Waals surface area contributed by atoms with Gasteiger partial charge in [-0.2, -0.15) is 0 Å². The summed E-state index contributed by atoms with van der Waals surface area (Å²) in [5, 5.41) is 5.97. The summed E-state index contributed by atoms with van der Waals surface area (Å²) in [6.07, 6.45) is 2.15. The minimum absolute atomic E-state index is 0.130. The Morgan fingerprint density at radius 1 is 0.893 bits per heavy atom. The zero-order chi connectivity index (χ0) is 20.0. The summed E-state index contributed by atoms with van der Waals surface area (Å²) < 4.78 is 16.5. The minimum atomic E-state index is -0.130. The Morgan fingerprint density at radius 3 is 2.43 bits per heavy atom. The Kier molecular flexibility index (Phi) is 9.72. The van der Waals surface area contributed by atoms with Gasteiger partial charge in [0.15, 0.2) is 0 Å². The van der Waals surface area contributed by atoms with E-state index >= 15 is 0 Å². The summed E-state index contributed by atoms with van der Waals surface area (Å²) in [5.74, 6) is 1.41. The van der Waals surface area contributed by atoms with Gasteiger partial charge in [-0.05, 0) is 49.7 Å². The molecule has 0 fully saturated rings. The van der Waals surface area contributed by atoms with E-state index in [0.29, 0.717) is 31.3 Å². The van der Waals surface area contributed by atoms with Gasteiger partial charge in [-0.25, -0.2) is 0 Å². The lowest BCUT2D eigenvalue weighted by atomic mass is 10.3. The first-order chi connectivity index (χ1) is 13.7. The van der Waals surface area contributed by atoms with E-state index in [1.54, 1.807) is 6.07 Å². The van der Waals surface area contributed by atoms with Crippen LogP contribution in [0.4, 0.5) is 11.4 Å². The molecule has 0 aliphatic rings. The van der Waals surface area contributed by atoms with Gasteiger partial charge < -0.3 is 24.8 Å². The Hall–Kier alpha value is -2.73. The number of anilines is 2. The van der Waals surface area contributed by atoms with Crippen molar-refractivity contribution in [1.82, 2.24) is 0 Å². The molecular formula is C22H30N2O4. The van der Waals surface area contributed by atoms with Gasteiger partial charge in [0.2, 0.25) is 5.91 Å². The smallest absolute Gasteiger partial charge is 0.243 e. The number of benzene rings is 2. The highest BCUT2D eigenvalue weighted by molar-refractivity contribution is 5.93. The maximum Gasteiger partial charge on any atom is 0.243 e. The van der Waals surface area contributed by atoms with Crippen molar-refractivity contribution in [2.45, 2.75) is 26.7 Å². The van der Waals surface area contributed by atoms with Gasteiger partial charge in [0.05, 0.1) is 19.8 Å². The second-order valence-corrected chi connectivity index (χ2v) is 6.20. The lowest BCUT2D eigenvalue weighted by Gasteiger charge is -2.11. The van der Waals surface area contributed by atoms with Crippen molar-refractivity contribution in [2.75, 3.05) is 43.6 Å². The van der Waals surface area contributed by atoms with E-state index in [-0.39, 0.29) is 12.5 Å². The van der Waals surface area contributed by atoms with Gasteiger partial charge >= 0.3 is 0 Å². The van der Waals surface area contributed by atoms with Crippen molar-refractivity contribution in [1.29, 1.82) is 0 Å². The first kappa shape index (κ1) is 21.6. The fourth-order valence-electron chi connectivity index (χ4n) is 2.42. The highest BCUT2D eigenvalue weighted by Gasteiger charge is 2.04. The van der Waals surface area contributed by atoms with Crippen molar-refractivity contribution in [3.8, 4) is 11.5 Å². The maximum absolute atomic E-state index is 12.2. The van der Waals surface area contributed by atoms with Crippen LogP contribution < -0.4 is 20.1 Å². The second-order valence-electron chi connectivity index (χ2n) is 6.20. The van der Waals surface area contributed by atoms with Gasteiger partial charge in [-0.15, -0.1) is 0 Å². The summed E-state index contributed by atoms with van der Waals surface area (Å²) >= 11 is 0. The standard InChI is InChI=1S/C22H30N2O4/c1-3-5-13-27-20-11-9-18(10-12-20)23-17-22(25)24-19-7-6-8-21(16-19)28-15-14-26-4-2/h6-12,16,23H,3-5,13-15,17H2,1-2H3,(H,24,25). The van der Waals surface area contributed by atoms with Gasteiger partial charge in [0.25, 0.3) is 0 Å². The quantitative estimate of drug-likeness (QED) is 0.502. The summed E-state index contributed by atoms with van der Waals surface area (Å²) in [5.41, 5.74) is 1.56. The number of unbranched alkanes of at least 4 members (excludes halogenated alkanes) is 1. The van der Waals surface area contributed by atoms with Crippen molar-refractivity contribution in [3.05, 3.63) is 48.5 Å². The molecule has 0 aliphatic heterocycles. The molecule has 2 N–H and O–H groups in total. The normalized spacial score (nSPS) is 10.4. The third-order valence-electron chi connectivity index (χ3n) is 3.89. The molecule has 2 aromatic rings. The molecule has 0 atom stereocenters. The Morgan fingerprint density at radius 2 is 1.68 bits per heavy atom. The average molecular weight is 386 g/mol. The van der Waals surface area contributed by atoms with Crippen LogP contribution in [0.15, 0.2) is 48.5 Å².